The Kier molecular flexibility index (Phi) is 6.36. The van der Waals surface area contributed by atoms with Crippen LogP contribution in [-0.2, 0) is 0 Å². The van der Waals surface area contributed by atoms with Crippen molar-refractivity contribution in [3.8, 4) is 22.3 Å². The van der Waals surface area contributed by atoms with Crippen LogP contribution < -0.4 is 4.90 Å². The standard InChI is InChI=1S/C23H23NO3/c25-14-12-24(13-15-26)22-11-10-21(17-27)23(16-22)20-8-6-19(7-9-20)18-4-2-1-3-5-18/h1-11,16-17,25-26H,12-15H2. The van der Waals surface area contributed by atoms with E-state index in [0.29, 0.717) is 18.7 Å². The van der Waals surface area contributed by atoms with Crippen LogP contribution in [0.2, 0.25) is 0 Å². The maximum atomic E-state index is 11.5. The van der Waals surface area contributed by atoms with Gasteiger partial charge in [-0.3, -0.25) is 4.79 Å². The van der Waals surface area contributed by atoms with E-state index >= 15 is 0 Å². The van der Waals surface area contributed by atoms with Crippen molar-refractivity contribution in [1.82, 2.24) is 0 Å². The fraction of sp³-hybridized carbons (Fsp3) is 0.174. The van der Waals surface area contributed by atoms with Crippen LogP contribution in [0.4, 0.5) is 5.69 Å². The third kappa shape index (κ3) is 4.42. The highest BCUT2D eigenvalue weighted by atomic mass is 16.3. The summed E-state index contributed by atoms with van der Waals surface area (Å²) in [5.41, 5.74) is 5.52. The molecule has 27 heavy (non-hydrogen) atoms. The SMILES string of the molecule is O=Cc1ccc(N(CCO)CCO)cc1-c1ccc(-c2ccccc2)cc1. The molecule has 0 aliphatic rings. The summed E-state index contributed by atoms with van der Waals surface area (Å²) in [5, 5.41) is 18.5. The summed E-state index contributed by atoms with van der Waals surface area (Å²) in [6.07, 6.45) is 0.854. The molecular formula is C23H23NO3. The maximum Gasteiger partial charge on any atom is 0.150 e. The molecule has 4 heteroatoms. The predicted molar refractivity (Wildman–Crippen MR) is 109 cm³/mol. The molecule has 0 aromatic heterocycles. The van der Waals surface area contributed by atoms with Gasteiger partial charge in [0.15, 0.2) is 6.29 Å². The molecule has 3 aromatic rings. The average Bonchev–Trinajstić information content (AvgIpc) is 2.74. The second-order valence-corrected chi connectivity index (χ2v) is 6.27. The summed E-state index contributed by atoms with van der Waals surface area (Å²) < 4.78 is 0. The van der Waals surface area contributed by atoms with Gasteiger partial charge in [-0.15, -0.1) is 0 Å². The fourth-order valence-electron chi connectivity index (χ4n) is 3.18. The molecular weight excluding hydrogens is 338 g/mol. The molecule has 0 aliphatic carbocycles. The van der Waals surface area contributed by atoms with E-state index in [9.17, 15) is 15.0 Å². The Morgan fingerprint density at radius 3 is 1.93 bits per heavy atom. The Hall–Kier alpha value is -2.95. The molecule has 4 nitrogen and oxygen atoms in total. The Bertz CT molecular complexity index is 870. The van der Waals surface area contributed by atoms with Gasteiger partial charge in [-0.1, -0.05) is 54.6 Å². The minimum absolute atomic E-state index is 0.00343. The van der Waals surface area contributed by atoms with E-state index in [1.54, 1.807) is 6.07 Å². The second-order valence-electron chi connectivity index (χ2n) is 6.27. The third-order valence-electron chi connectivity index (χ3n) is 4.57. The first-order valence-corrected chi connectivity index (χ1v) is 8.98. The molecule has 0 bridgehead atoms. The van der Waals surface area contributed by atoms with Gasteiger partial charge >= 0.3 is 0 Å². The van der Waals surface area contributed by atoms with E-state index < -0.39 is 0 Å². The van der Waals surface area contributed by atoms with E-state index in [-0.39, 0.29) is 13.2 Å². The summed E-state index contributed by atoms with van der Waals surface area (Å²) >= 11 is 0. The summed E-state index contributed by atoms with van der Waals surface area (Å²) in [4.78, 5) is 13.4. The van der Waals surface area contributed by atoms with Crippen molar-refractivity contribution < 1.29 is 15.0 Å². The molecule has 0 unspecified atom stereocenters. The number of nitrogens with zero attached hydrogens (tertiary/aromatic N) is 1. The summed E-state index contributed by atoms with van der Waals surface area (Å²) in [6.45, 7) is 0.841. The van der Waals surface area contributed by atoms with Crippen LogP contribution in [0.15, 0.2) is 72.8 Å². The largest absolute Gasteiger partial charge is 0.395 e. The van der Waals surface area contributed by atoms with Gasteiger partial charge in [0.1, 0.15) is 0 Å². The molecule has 0 fully saturated rings. The number of hydrogen-bond acceptors (Lipinski definition) is 4. The van der Waals surface area contributed by atoms with Crippen LogP contribution in [-0.4, -0.2) is 42.8 Å². The van der Waals surface area contributed by atoms with Crippen molar-refractivity contribution in [3.05, 3.63) is 78.4 Å². The van der Waals surface area contributed by atoms with Gasteiger partial charge in [-0.25, -0.2) is 0 Å². The average molecular weight is 361 g/mol. The number of carbonyl (C=O) groups is 1. The van der Waals surface area contributed by atoms with Crippen LogP contribution in [0.5, 0.6) is 0 Å². The van der Waals surface area contributed by atoms with E-state index in [1.807, 2.05) is 59.5 Å². The second kappa shape index (κ2) is 9.12. The predicted octanol–water partition coefficient (Wildman–Crippen LogP) is 3.62. The number of aldehydes is 1. The highest BCUT2D eigenvalue weighted by Gasteiger charge is 2.11. The van der Waals surface area contributed by atoms with Crippen LogP contribution >= 0.6 is 0 Å². The molecule has 0 saturated carbocycles. The summed E-state index contributed by atoms with van der Waals surface area (Å²) in [5.74, 6) is 0. The van der Waals surface area contributed by atoms with Crippen LogP contribution in [0, 0.1) is 0 Å². The first-order valence-electron chi connectivity index (χ1n) is 8.98. The van der Waals surface area contributed by atoms with Gasteiger partial charge in [0.25, 0.3) is 0 Å². The third-order valence-corrected chi connectivity index (χ3v) is 4.57. The number of aliphatic hydroxyl groups is 2. The van der Waals surface area contributed by atoms with Gasteiger partial charge in [0, 0.05) is 24.3 Å². The molecule has 3 aromatic carbocycles. The zero-order chi connectivity index (χ0) is 19.1. The summed E-state index contributed by atoms with van der Waals surface area (Å²) in [6, 6.07) is 23.8. The molecule has 0 radical (unpaired) electrons. The lowest BCUT2D eigenvalue weighted by molar-refractivity contribution is 0.112. The highest BCUT2D eigenvalue weighted by Crippen LogP contribution is 2.30. The minimum Gasteiger partial charge on any atom is -0.395 e. The fourth-order valence-corrected chi connectivity index (χ4v) is 3.18. The van der Waals surface area contributed by atoms with Gasteiger partial charge in [0.05, 0.1) is 13.2 Å². The molecule has 138 valence electrons. The Labute approximate surface area is 159 Å². The molecule has 0 saturated heterocycles. The van der Waals surface area contributed by atoms with Crippen LogP contribution in [0.1, 0.15) is 10.4 Å². The molecule has 0 amide bonds. The van der Waals surface area contributed by atoms with E-state index in [1.165, 1.54) is 0 Å². The minimum atomic E-state index is -0.00343. The molecule has 0 heterocycles. The van der Waals surface area contributed by atoms with Crippen molar-refractivity contribution in [2.75, 3.05) is 31.2 Å². The zero-order valence-corrected chi connectivity index (χ0v) is 15.1. The monoisotopic (exact) mass is 361 g/mol. The van der Waals surface area contributed by atoms with Gasteiger partial charge in [0.2, 0.25) is 0 Å². The van der Waals surface area contributed by atoms with Crippen molar-refractivity contribution in [1.29, 1.82) is 0 Å². The lowest BCUT2D eigenvalue weighted by Crippen LogP contribution is -2.29. The van der Waals surface area contributed by atoms with Crippen LogP contribution in [0.25, 0.3) is 22.3 Å². The number of anilines is 1. The van der Waals surface area contributed by atoms with Gasteiger partial charge < -0.3 is 15.1 Å². The lowest BCUT2D eigenvalue weighted by atomic mass is 9.96. The molecule has 3 rings (SSSR count). The number of aliphatic hydroxyl groups excluding tert-OH is 2. The van der Waals surface area contributed by atoms with E-state index in [2.05, 4.69) is 12.1 Å². The highest BCUT2D eigenvalue weighted by molar-refractivity contribution is 5.89. The van der Waals surface area contributed by atoms with Crippen molar-refractivity contribution in [2.24, 2.45) is 0 Å². The first-order chi connectivity index (χ1) is 13.3. The maximum absolute atomic E-state index is 11.5. The van der Waals surface area contributed by atoms with Gasteiger partial charge in [-0.2, -0.15) is 0 Å². The van der Waals surface area contributed by atoms with Crippen molar-refractivity contribution in [2.45, 2.75) is 0 Å². The van der Waals surface area contributed by atoms with E-state index in [0.717, 1.165) is 34.2 Å². The topological polar surface area (TPSA) is 60.8 Å². The quantitative estimate of drug-likeness (QED) is 0.602. The Balaban J connectivity index is 1.97. The zero-order valence-electron chi connectivity index (χ0n) is 15.1. The molecule has 0 atom stereocenters. The first kappa shape index (κ1) is 18.8. The van der Waals surface area contributed by atoms with Crippen molar-refractivity contribution >= 4 is 12.0 Å². The normalized spacial score (nSPS) is 10.6. The molecule has 0 aliphatic heterocycles. The molecule has 0 spiro atoms. The van der Waals surface area contributed by atoms with Crippen molar-refractivity contribution in [3.63, 3.8) is 0 Å². The number of hydrogen-bond donors (Lipinski definition) is 2. The molecule has 2 N–H and O–H groups in total. The van der Waals surface area contributed by atoms with Crippen LogP contribution in [0.3, 0.4) is 0 Å². The number of rotatable bonds is 8. The number of benzene rings is 3. The number of carbonyl (C=O) groups excluding carboxylic acids is 1. The summed E-state index contributed by atoms with van der Waals surface area (Å²) in [7, 11) is 0. The Morgan fingerprint density at radius 2 is 1.33 bits per heavy atom. The van der Waals surface area contributed by atoms with Gasteiger partial charge in [-0.05, 0) is 40.5 Å². The Morgan fingerprint density at radius 1 is 0.741 bits per heavy atom. The lowest BCUT2D eigenvalue weighted by Gasteiger charge is -2.24. The van der Waals surface area contributed by atoms with E-state index in [4.69, 9.17) is 0 Å². The smallest absolute Gasteiger partial charge is 0.150 e.